The Morgan fingerprint density at radius 2 is 1.42 bits per heavy atom. The van der Waals surface area contributed by atoms with Crippen molar-refractivity contribution in [2.45, 2.75) is 4.90 Å². The fourth-order valence-electron chi connectivity index (χ4n) is 3.25. The zero-order chi connectivity index (χ0) is 21.8. The van der Waals surface area contributed by atoms with E-state index in [-0.39, 0.29) is 10.8 Å². The van der Waals surface area contributed by atoms with Gasteiger partial charge in [-0.3, -0.25) is 9.52 Å². The number of ether oxygens (including phenoxy) is 1. The summed E-state index contributed by atoms with van der Waals surface area (Å²) in [6.45, 7) is 0. The standard InChI is InChI=1S/C24H20N2O4S/c1-30-23-12-5-4-10-22(23)26-31(28,29)19-15-13-18(14-16-19)24(27)25-21-11-6-8-17-7-2-3-9-20(17)21/h2-16,26H,1H3,(H,25,27). The second-order valence-electron chi connectivity index (χ2n) is 6.81. The average molecular weight is 433 g/mol. The molecule has 2 N–H and O–H groups in total. The largest absolute Gasteiger partial charge is 0.495 e. The van der Waals surface area contributed by atoms with E-state index in [1.807, 2.05) is 42.5 Å². The van der Waals surface area contributed by atoms with Crippen molar-refractivity contribution in [1.29, 1.82) is 0 Å². The van der Waals surface area contributed by atoms with Crippen LogP contribution in [0.1, 0.15) is 10.4 Å². The first-order valence-corrected chi connectivity index (χ1v) is 11.0. The normalized spacial score (nSPS) is 11.1. The Bertz CT molecular complexity index is 1340. The highest BCUT2D eigenvalue weighted by molar-refractivity contribution is 7.92. The van der Waals surface area contributed by atoms with Gasteiger partial charge in [0, 0.05) is 16.6 Å². The summed E-state index contributed by atoms with van der Waals surface area (Å²) in [5, 5.41) is 4.84. The van der Waals surface area contributed by atoms with Gasteiger partial charge in [0.1, 0.15) is 5.75 Å². The number of anilines is 2. The number of rotatable bonds is 6. The van der Waals surface area contributed by atoms with E-state index in [2.05, 4.69) is 10.0 Å². The monoisotopic (exact) mass is 432 g/mol. The van der Waals surface area contributed by atoms with Crippen LogP contribution >= 0.6 is 0 Å². The van der Waals surface area contributed by atoms with Gasteiger partial charge < -0.3 is 10.1 Å². The summed E-state index contributed by atoms with van der Waals surface area (Å²) in [6, 6.07) is 25.9. The molecule has 0 spiro atoms. The molecule has 0 fully saturated rings. The van der Waals surface area contributed by atoms with Crippen LogP contribution in [0, 0.1) is 0 Å². The minimum atomic E-state index is -3.84. The summed E-state index contributed by atoms with van der Waals surface area (Å²) in [7, 11) is -2.37. The van der Waals surface area contributed by atoms with Crippen molar-refractivity contribution < 1.29 is 17.9 Å². The molecule has 7 heteroatoms. The quantitative estimate of drug-likeness (QED) is 0.454. The molecule has 0 saturated heterocycles. The van der Waals surface area contributed by atoms with Gasteiger partial charge in [-0.25, -0.2) is 8.42 Å². The maximum absolute atomic E-state index is 12.7. The third-order valence-electron chi connectivity index (χ3n) is 4.82. The average Bonchev–Trinajstić information content (AvgIpc) is 2.79. The van der Waals surface area contributed by atoms with Crippen LogP contribution in [-0.4, -0.2) is 21.4 Å². The minimum Gasteiger partial charge on any atom is -0.495 e. The summed E-state index contributed by atoms with van der Waals surface area (Å²) < 4.78 is 33.1. The zero-order valence-corrected chi connectivity index (χ0v) is 17.5. The van der Waals surface area contributed by atoms with Crippen molar-refractivity contribution >= 4 is 38.1 Å². The fraction of sp³-hybridized carbons (Fsp3) is 0.0417. The molecule has 0 bridgehead atoms. The molecule has 4 aromatic rings. The molecule has 0 atom stereocenters. The topological polar surface area (TPSA) is 84.5 Å². The summed E-state index contributed by atoms with van der Waals surface area (Å²) in [6.07, 6.45) is 0. The summed E-state index contributed by atoms with van der Waals surface area (Å²) >= 11 is 0. The number of hydrogen-bond donors (Lipinski definition) is 2. The Kier molecular flexibility index (Phi) is 5.60. The van der Waals surface area contributed by atoms with Crippen LogP contribution in [0.15, 0.2) is 95.9 Å². The lowest BCUT2D eigenvalue weighted by Gasteiger charge is -2.12. The molecule has 0 heterocycles. The van der Waals surface area contributed by atoms with E-state index in [9.17, 15) is 13.2 Å². The number of carbonyl (C=O) groups excluding carboxylic acids is 1. The Hall–Kier alpha value is -3.84. The van der Waals surface area contributed by atoms with Crippen molar-refractivity contribution in [3.8, 4) is 5.75 Å². The molecule has 0 unspecified atom stereocenters. The highest BCUT2D eigenvalue weighted by Crippen LogP contribution is 2.27. The first-order chi connectivity index (χ1) is 15.0. The molecule has 4 aromatic carbocycles. The van der Waals surface area contributed by atoms with Gasteiger partial charge in [0.25, 0.3) is 15.9 Å². The first-order valence-electron chi connectivity index (χ1n) is 9.53. The molecular formula is C24H20N2O4S. The smallest absolute Gasteiger partial charge is 0.262 e. The molecule has 31 heavy (non-hydrogen) atoms. The zero-order valence-electron chi connectivity index (χ0n) is 16.7. The molecule has 1 amide bonds. The number of nitrogens with one attached hydrogen (secondary N) is 2. The van der Waals surface area contributed by atoms with Gasteiger partial charge in [0.05, 0.1) is 17.7 Å². The van der Waals surface area contributed by atoms with Gasteiger partial charge >= 0.3 is 0 Å². The van der Waals surface area contributed by atoms with Gasteiger partial charge in [-0.2, -0.15) is 0 Å². The van der Waals surface area contributed by atoms with Crippen LogP contribution in [0.4, 0.5) is 11.4 Å². The fourth-order valence-corrected chi connectivity index (χ4v) is 4.32. The second-order valence-corrected chi connectivity index (χ2v) is 8.49. The predicted octanol–water partition coefficient (Wildman–Crippen LogP) is 4.90. The third-order valence-corrected chi connectivity index (χ3v) is 6.20. The maximum atomic E-state index is 12.7. The highest BCUT2D eigenvalue weighted by Gasteiger charge is 2.17. The van der Waals surface area contributed by atoms with E-state index in [1.54, 1.807) is 24.3 Å². The molecule has 6 nitrogen and oxygen atoms in total. The van der Waals surface area contributed by atoms with Crippen molar-refractivity contribution in [3.63, 3.8) is 0 Å². The molecule has 0 aliphatic heterocycles. The lowest BCUT2D eigenvalue weighted by Crippen LogP contribution is -2.15. The molecular weight excluding hydrogens is 412 g/mol. The lowest BCUT2D eigenvalue weighted by atomic mass is 10.1. The summed E-state index contributed by atoms with van der Waals surface area (Å²) in [4.78, 5) is 12.7. The van der Waals surface area contributed by atoms with E-state index in [0.29, 0.717) is 22.7 Å². The molecule has 0 saturated carbocycles. The van der Waals surface area contributed by atoms with E-state index in [4.69, 9.17) is 4.74 Å². The lowest BCUT2D eigenvalue weighted by molar-refractivity contribution is 0.102. The molecule has 4 rings (SSSR count). The number of sulfonamides is 1. The van der Waals surface area contributed by atoms with Crippen LogP contribution in [-0.2, 0) is 10.0 Å². The van der Waals surface area contributed by atoms with Crippen LogP contribution < -0.4 is 14.8 Å². The molecule has 156 valence electrons. The predicted molar refractivity (Wildman–Crippen MR) is 122 cm³/mol. The number of para-hydroxylation sites is 2. The van der Waals surface area contributed by atoms with E-state index < -0.39 is 10.0 Å². The van der Waals surface area contributed by atoms with E-state index in [0.717, 1.165) is 10.8 Å². The SMILES string of the molecule is COc1ccccc1NS(=O)(=O)c1ccc(C(=O)Nc2cccc3ccccc23)cc1. The molecule has 0 aliphatic carbocycles. The Morgan fingerprint density at radius 3 is 2.19 bits per heavy atom. The maximum Gasteiger partial charge on any atom is 0.262 e. The highest BCUT2D eigenvalue weighted by atomic mass is 32.2. The molecule has 0 aliphatic rings. The third kappa shape index (κ3) is 4.36. The number of benzene rings is 4. The van der Waals surface area contributed by atoms with E-state index in [1.165, 1.54) is 31.4 Å². The van der Waals surface area contributed by atoms with Crippen molar-refractivity contribution in [2.24, 2.45) is 0 Å². The van der Waals surface area contributed by atoms with Crippen molar-refractivity contribution in [1.82, 2.24) is 0 Å². The number of methoxy groups -OCH3 is 1. The number of amides is 1. The second kappa shape index (κ2) is 8.49. The van der Waals surface area contributed by atoms with Crippen LogP contribution in [0.5, 0.6) is 5.75 Å². The van der Waals surface area contributed by atoms with Gasteiger partial charge in [-0.05, 0) is 47.9 Å². The summed E-state index contributed by atoms with van der Waals surface area (Å²) in [5.74, 6) is 0.0927. The van der Waals surface area contributed by atoms with Crippen molar-refractivity contribution in [2.75, 3.05) is 17.1 Å². The Labute approximate surface area is 180 Å². The molecule has 0 radical (unpaired) electrons. The van der Waals surface area contributed by atoms with Crippen molar-refractivity contribution in [3.05, 3.63) is 96.6 Å². The number of hydrogen-bond acceptors (Lipinski definition) is 4. The molecule has 0 aromatic heterocycles. The van der Waals surface area contributed by atoms with Gasteiger partial charge in [0.2, 0.25) is 0 Å². The Morgan fingerprint density at radius 1 is 0.774 bits per heavy atom. The summed E-state index contributed by atoms with van der Waals surface area (Å²) in [5.41, 5.74) is 1.38. The van der Waals surface area contributed by atoms with Crippen LogP contribution in [0.2, 0.25) is 0 Å². The van der Waals surface area contributed by atoms with Gasteiger partial charge in [-0.1, -0.05) is 48.5 Å². The number of fused-ring (bicyclic) bond motifs is 1. The Balaban J connectivity index is 1.54. The van der Waals surface area contributed by atoms with Crippen LogP contribution in [0.3, 0.4) is 0 Å². The van der Waals surface area contributed by atoms with Gasteiger partial charge in [0.15, 0.2) is 0 Å². The number of carbonyl (C=O) groups is 1. The minimum absolute atomic E-state index is 0.0418. The van der Waals surface area contributed by atoms with Gasteiger partial charge in [-0.15, -0.1) is 0 Å². The first kappa shape index (κ1) is 20.4. The van der Waals surface area contributed by atoms with E-state index >= 15 is 0 Å². The van der Waals surface area contributed by atoms with Crippen LogP contribution in [0.25, 0.3) is 10.8 Å².